The van der Waals surface area contributed by atoms with E-state index < -0.39 is 37.3 Å². The molecule has 29 heavy (non-hydrogen) atoms. The maximum atomic E-state index is 10.1. The van der Waals surface area contributed by atoms with Crippen LogP contribution in [-0.2, 0) is 4.74 Å². The molecule has 9 heteroatoms. The maximum absolute atomic E-state index is 10.1. The van der Waals surface area contributed by atoms with E-state index in [0.29, 0.717) is 11.1 Å². The molecule has 9 nitrogen and oxygen atoms in total. The van der Waals surface area contributed by atoms with Crippen LogP contribution in [0.15, 0.2) is 36.4 Å². The second kappa shape index (κ2) is 8.68. The summed E-state index contributed by atoms with van der Waals surface area (Å²) in [6, 6.07) is 8.52. The molecule has 0 spiro atoms. The summed E-state index contributed by atoms with van der Waals surface area (Å²) in [5.74, 6) is -0.535. The van der Waals surface area contributed by atoms with Crippen LogP contribution >= 0.6 is 0 Å². The summed E-state index contributed by atoms with van der Waals surface area (Å²) in [5, 5.41) is 67.8. The Kier molecular flexibility index (Phi) is 6.26. The molecule has 0 saturated carbocycles. The summed E-state index contributed by atoms with van der Waals surface area (Å²) in [5.41, 5.74) is 1.11. The first-order valence-electron chi connectivity index (χ1n) is 8.80. The Hall–Kier alpha value is -2.82. The van der Waals surface area contributed by atoms with Crippen molar-refractivity contribution in [1.82, 2.24) is 0 Å². The van der Waals surface area contributed by atoms with E-state index in [0.717, 1.165) is 0 Å². The average molecular weight is 406 g/mol. The molecule has 1 fully saturated rings. The highest BCUT2D eigenvalue weighted by Crippen LogP contribution is 2.29. The van der Waals surface area contributed by atoms with E-state index in [1.807, 2.05) is 0 Å². The van der Waals surface area contributed by atoms with Crippen molar-refractivity contribution >= 4 is 12.2 Å². The highest BCUT2D eigenvalue weighted by atomic mass is 16.7. The monoisotopic (exact) mass is 406 g/mol. The fourth-order valence-electron chi connectivity index (χ4n) is 2.91. The van der Waals surface area contributed by atoms with E-state index >= 15 is 0 Å². The van der Waals surface area contributed by atoms with Crippen molar-refractivity contribution in [1.29, 1.82) is 0 Å². The van der Waals surface area contributed by atoms with Crippen molar-refractivity contribution in [3.05, 3.63) is 47.5 Å². The Balaban J connectivity index is 1.78. The first-order chi connectivity index (χ1) is 13.8. The summed E-state index contributed by atoms with van der Waals surface area (Å²) >= 11 is 0. The first-order valence-corrected chi connectivity index (χ1v) is 8.80. The molecule has 156 valence electrons. The van der Waals surface area contributed by atoms with Gasteiger partial charge < -0.3 is 45.2 Å². The Morgan fingerprint density at radius 3 is 2.24 bits per heavy atom. The van der Waals surface area contributed by atoms with E-state index in [9.17, 15) is 35.7 Å². The van der Waals surface area contributed by atoms with Crippen LogP contribution in [-0.4, -0.2) is 73.1 Å². The summed E-state index contributed by atoms with van der Waals surface area (Å²) in [7, 11) is 0. The molecule has 0 aliphatic carbocycles. The molecule has 5 atom stereocenters. The van der Waals surface area contributed by atoms with Crippen LogP contribution in [0.25, 0.3) is 12.2 Å². The number of ether oxygens (including phenoxy) is 2. The Morgan fingerprint density at radius 1 is 0.828 bits per heavy atom. The molecule has 1 heterocycles. The highest BCUT2D eigenvalue weighted by molar-refractivity contribution is 5.72. The number of aliphatic hydroxyl groups excluding tert-OH is 4. The van der Waals surface area contributed by atoms with Crippen LogP contribution in [0, 0.1) is 0 Å². The largest absolute Gasteiger partial charge is 0.508 e. The third-order valence-electron chi connectivity index (χ3n) is 4.48. The van der Waals surface area contributed by atoms with Crippen LogP contribution in [0.4, 0.5) is 0 Å². The third-order valence-corrected chi connectivity index (χ3v) is 4.48. The maximum Gasteiger partial charge on any atom is 0.229 e. The van der Waals surface area contributed by atoms with Gasteiger partial charge in [-0.25, -0.2) is 0 Å². The van der Waals surface area contributed by atoms with Gasteiger partial charge in [-0.3, -0.25) is 0 Å². The standard InChI is InChI=1S/C20H22O9/c21-9-16-17(25)18(26)19(27)20(29-16)28-13-6-11(5-12(22)8-13)2-1-10-3-4-14(23)15(24)7-10/h1-8,16-27H,9H2/b2-1+/t16-,17+,18+,19-,20-/m1/s1. The summed E-state index contributed by atoms with van der Waals surface area (Å²) < 4.78 is 10.8. The molecule has 7 N–H and O–H groups in total. The van der Waals surface area contributed by atoms with Gasteiger partial charge >= 0.3 is 0 Å². The van der Waals surface area contributed by atoms with E-state index in [1.165, 1.54) is 30.3 Å². The first kappa shape index (κ1) is 20.9. The summed E-state index contributed by atoms with van der Waals surface area (Å²) in [4.78, 5) is 0. The molecule has 2 aromatic carbocycles. The molecule has 0 unspecified atom stereocenters. The van der Waals surface area contributed by atoms with Crippen molar-refractivity contribution in [3.8, 4) is 23.0 Å². The molecule has 0 bridgehead atoms. The van der Waals surface area contributed by atoms with Crippen LogP contribution < -0.4 is 4.74 Å². The zero-order valence-electron chi connectivity index (χ0n) is 15.2. The number of hydrogen-bond acceptors (Lipinski definition) is 9. The van der Waals surface area contributed by atoms with Gasteiger partial charge in [0, 0.05) is 6.07 Å². The van der Waals surface area contributed by atoms with Crippen LogP contribution in [0.5, 0.6) is 23.0 Å². The molecule has 0 radical (unpaired) electrons. The molecule has 0 amide bonds. The number of rotatable bonds is 5. The highest BCUT2D eigenvalue weighted by Gasteiger charge is 2.44. The number of aliphatic hydroxyl groups is 4. The van der Waals surface area contributed by atoms with Crippen LogP contribution in [0.1, 0.15) is 11.1 Å². The second-order valence-corrected chi connectivity index (χ2v) is 6.66. The van der Waals surface area contributed by atoms with Crippen LogP contribution in [0.3, 0.4) is 0 Å². The fourth-order valence-corrected chi connectivity index (χ4v) is 2.91. The van der Waals surface area contributed by atoms with E-state index in [-0.39, 0.29) is 23.0 Å². The Bertz CT molecular complexity index is 880. The predicted octanol–water partition coefficient (Wildman–Crippen LogP) is 0.152. The third kappa shape index (κ3) is 4.78. The summed E-state index contributed by atoms with van der Waals surface area (Å²) in [6.45, 7) is -0.585. The summed E-state index contributed by atoms with van der Waals surface area (Å²) in [6.07, 6.45) is -3.90. The number of phenols is 3. The van der Waals surface area contributed by atoms with Gasteiger partial charge in [0.05, 0.1) is 6.61 Å². The van der Waals surface area contributed by atoms with Crippen molar-refractivity contribution < 1.29 is 45.2 Å². The van der Waals surface area contributed by atoms with Gasteiger partial charge in [-0.05, 0) is 35.4 Å². The van der Waals surface area contributed by atoms with Crippen LogP contribution in [0.2, 0.25) is 0 Å². The van der Waals surface area contributed by atoms with Crippen molar-refractivity contribution in [2.45, 2.75) is 30.7 Å². The number of phenolic OH excluding ortho intramolecular Hbond substituents is 3. The lowest BCUT2D eigenvalue weighted by Crippen LogP contribution is -2.60. The number of hydrogen-bond donors (Lipinski definition) is 7. The quantitative estimate of drug-likeness (QED) is 0.271. The van der Waals surface area contributed by atoms with E-state index in [2.05, 4.69) is 0 Å². The molecule has 0 aromatic heterocycles. The van der Waals surface area contributed by atoms with Gasteiger partial charge in [0.2, 0.25) is 6.29 Å². The normalized spacial score (nSPS) is 27.2. The van der Waals surface area contributed by atoms with Gasteiger partial charge in [-0.1, -0.05) is 18.2 Å². The topological polar surface area (TPSA) is 160 Å². The van der Waals surface area contributed by atoms with Gasteiger partial charge in [-0.2, -0.15) is 0 Å². The molecule has 2 aromatic rings. The molecular weight excluding hydrogens is 384 g/mol. The molecular formula is C20H22O9. The zero-order valence-corrected chi connectivity index (χ0v) is 15.2. The minimum Gasteiger partial charge on any atom is -0.508 e. The van der Waals surface area contributed by atoms with E-state index in [4.69, 9.17) is 9.47 Å². The molecule has 1 saturated heterocycles. The van der Waals surface area contributed by atoms with Gasteiger partial charge in [-0.15, -0.1) is 0 Å². The van der Waals surface area contributed by atoms with Gasteiger partial charge in [0.15, 0.2) is 11.5 Å². The Morgan fingerprint density at radius 2 is 1.55 bits per heavy atom. The van der Waals surface area contributed by atoms with Gasteiger partial charge in [0.1, 0.15) is 35.9 Å². The van der Waals surface area contributed by atoms with Gasteiger partial charge in [0.25, 0.3) is 0 Å². The second-order valence-electron chi connectivity index (χ2n) is 6.66. The van der Waals surface area contributed by atoms with Crippen molar-refractivity contribution in [3.63, 3.8) is 0 Å². The number of aromatic hydroxyl groups is 3. The lowest BCUT2D eigenvalue weighted by atomic mass is 9.99. The van der Waals surface area contributed by atoms with Crippen molar-refractivity contribution in [2.24, 2.45) is 0 Å². The Labute approximate surface area is 165 Å². The molecule has 3 rings (SSSR count). The smallest absolute Gasteiger partial charge is 0.229 e. The average Bonchev–Trinajstić information content (AvgIpc) is 2.69. The minimum atomic E-state index is -1.58. The lowest BCUT2D eigenvalue weighted by molar-refractivity contribution is -0.277. The minimum absolute atomic E-state index is 0.113. The lowest BCUT2D eigenvalue weighted by Gasteiger charge is -2.39. The molecule has 1 aliphatic rings. The zero-order chi connectivity index (χ0) is 21.1. The predicted molar refractivity (Wildman–Crippen MR) is 101 cm³/mol. The van der Waals surface area contributed by atoms with E-state index in [1.54, 1.807) is 18.2 Å². The SMILES string of the molecule is OC[C@H]1O[C@@H](Oc2cc(O)cc(/C=C/c3ccc(O)c(O)c3)c2)[C@H](O)[C@@H](O)[C@H]1O. The van der Waals surface area contributed by atoms with Crippen molar-refractivity contribution in [2.75, 3.05) is 6.61 Å². The molecule has 1 aliphatic heterocycles. The fraction of sp³-hybridized carbons (Fsp3) is 0.300. The number of benzene rings is 2.